The fourth-order valence-electron chi connectivity index (χ4n) is 2.00. The Labute approximate surface area is 83.0 Å². The molecule has 1 atom stereocenters. The van der Waals surface area contributed by atoms with E-state index >= 15 is 0 Å². The van der Waals surface area contributed by atoms with Crippen molar-refractivity contribution in [2.45, 2.75) is 36.3 Å². The third-order valence-corrected chi connectivity index (χ3v) is 4.59. The molecule has 2 rings (SSSR count). The molecule has 0 bridgehead atoms. The van der Waals surface area contributed by atoms with Gasteiger partial charge in [0.1, 0.15) is 0 Å². The number of carbonyl (C=O) groups is 1. The van der Waals surface area contributed by atoms with E-state index in [1.807, 2.05) is 11.8 Å². The first-order chi connectivity index (χ1) is 6.26. The normalized spacial score (nSPS) is 32.1. The summed E-state index contributed by atoms with van der Waals surface area (Å²) in [6, 6.07) is 0. The Bertz CT molecular complexity index is 214. The molecule has 2 N–H and O–H groups in total. The topological polar surface area (TPSA) is 41.1 Å². The van der Waals surface area contributed by atoms with Gasteiger partial charge in [-0.15, -0.1) is 11.8 Å². The number of rotatable bonds is 1. The molecule has 2 aliphatic heterocycles. The zero-order valence-electron chi connectivity index (χ0n) is 7.93. The molecule has 2 saturated heterocycles. The van der Waals surface area contributed by atoms with Gasteiger partial charge < -0.3 is 10.6 Å². The molecular weight excluding hydrogens is 184 g/mol. The third-order valence-electron chi connectivity index (χ3n) is 2.79. The van der Waals surface area contributed by atoms with Gasteiger partial charge in [-0.25, -0.2) is 0 Å². The summed E-state index contributed by atoms with van der Waals surface area (Å²) >= 11 is 1.84. The van der Waals surface area contributed by atoms with E-state index in [0.29, 0.717) is 0 Å². The van der Waals surface area contributed by atoms with Crippen LogP contribution in [-0.4, -0.2) is 29.1 Å². The average molecular weight is 200 g/mol. The van der Waals surface area contributed by atoms with Gasteiger partial charge in [0, 0.05) is 0 Å². The quantitative estimate of drug-likeness (QED) is 0.655. The number of piperidine rings is 1. The van der Waals surface area contributed by atoms with Crippen LogP contribution in [0.1, 0.15) is 26.2 Å². The number of hydrogen-bond donors (Lipinski definition) is 2. The van der Waals surface area contributed by atoms with Crippen molar-refractivity contribution in [3.8, 4) is 0 Å². The van der Waals surface area contributed by atoms with Gasteiger partial charge in [-0.2, -0.15) is 0 Å². The van der Waals surface area contributed by atoms with Crippen molar-refractivity contribution in [1.29, 1.82) is 0 Å². The molecule has 1 spiro atoms. The molecule has 13 heavy (non-hydrogen) atoms. The van der Waals surface area contributed by atoms with Gasteiger partial charge in [-0.05, 0) is 32.4 Å². The summed E-state index contributed by atoms with van der Waals surface area (Å²) in [5, 5.41) is 6.67. The van der Waals surface area contributed by atoms with Gasteiger partial charge in [-0.1, -0.05) is 6.92 Å². The lowest BCUT2D eigenvalue weighted by Crippen LogP contribution is -2.47. The van der Waals surface area contributed by atoms with Crippen LogP contribution in [0.5, 0.6) is 0 Å². The Kier molecular flexibility index (Phi) is 2.51. The van der Waals surface area contributed by atoms with Crippen molar-refractivity contribution >= 4 is 17.7 Å². The van der Waals surface area contributed by atoms with E-state index < -0.39 is 0 Å². The summed E-state index contributed by atoms with van der Waals surface area (Å²) in [6.45, 7) is 4.14. The third kappa shape index (κ3) is 1.70. The molecule has 0 unspecified atom stereocenters. The minimum atomic E-state index is 0.0724. The molecule has 2 aliphatic rings. The van der Waals surface area contributed by atoms with Crippen LogP contribution in [0.2, 0.25) is 0 Å². The average Bonchev–Trinajstić information content (AvgIpc) is 2.44. The van der Waals surface area contributed by atoms with E-state index in [1.165, 1.54) is 0 Å². The highest BCUT2D eigenvalue weighted by Crippen LogP contribution is 2.40. The number of hydrogen-bond acceptors (Lipinski definition) is 3. The summed E-state index contributed by atoms with van der Waals surface area (Å²) in [7, 11) is 0. The Morgan fingerprint density at radius 2 is 2.23 bits per heavy atom. The molecule has 2 heterocycles. The zero-order valence-corrected chi connectivity index (χ0v) is 8.75. The van der Waals surface area contributed by atoms with Gasteiger partial charge in [-0.3, -0.25) is 4.79 Å². The second-order valence-electron chi connectivity index (χ2n) is 3.75. The molecule has 0 radical (unpaired) electrons. The number of thioether (sulfide) groups is 1. The van der Waals surface area contributed by atoms with E-state index in [4.69, 9.17) is 0 Å². The lowest BCUT2D eigenvalue weighted by Gasteiger charge is -2.32. The summed E-state index contributed by atoms with van der Waals surface area (Å²) in [5.74, 6) is 0.245. The largest absolute Gasteiger partial charge is 0.341 e. The van der Waals surface area contributed by atoms with E-state index in [1.54, 1.807) is 0 Å². The molecule has 0 aromatic carbocycles. The van der Waals surface area contributed by atoms with Gasteiger partial charge >= 0.3 is 0 Å². The molecule has 3 nitrogen and oxygen atoms in total. The van der Waals surface area contributed by atoms with E-state index in [9.17, 15) is 4.79 Å². The lowest BCUT2D eigenvalue weighted by molar-refractivity contribution is -0.120. The highest BCUT2D eigenvalue weighted by Gasteiger charge is 2.44. The molecule has 0 aromatic rings. The van der Waals surface area contributed by atoms with Crippen LogP contribution in [0.4, 0.5) is 0 Å². The maximum atomic E-state index is 11.5. The molecule has 1 amide bonds. The van der Waals surface area contributed by atoms with E-state index in [0.717, 1.165) is 32.4 Å². The maximum Gasteiger partial charge on any atom is 0.234 e. The van der Waals surface area contributed by atoms with Crippen molar-refractivity contribution in [2.24, 2.45) is 0 Å². The smallest absolute Gasteiger partial charge is 0.234 e. The van der Waals surface area contributed by atoms with Crippen molar-refractivity contribution < 1.29 is 4.79 Å². The van der Waals surface area contributed by atoms with Crippen LogP contribution >= 0.6 is 11.8 Å². The van der Waals surface area contributed by atoms with Crippen molar-refractivity contribution in [2.75, 3.05) is 13.1 Å². The van der Waals surface area contributed by atoms with Gasteiger partial charge in [0.2, 0.25) is 5.91 Å². The minimum Gasteiger partial charge on any atom is -0.341 e. The summed E-state index contributed by atoms with van der Waals surface area (Å²) < 4.78 is 0. The monoisotopic (exact) mass is 200 g/mol. The first kappa shape index (κ1) is 9.34. The van der Waals surface area contributed by atoms with Crippen LogP contribution in [-0.2, 0) is 4.79 Å². The zero-order chi connectivity index (χ0) is 9.31. The van der Waals surface area contributed by atoms with Crippen LogP contribution < -0.4 is 10.6 Å². The molecule has 0 saturated carbocycles. The lowest BCUT2D eigenvalue weighted by atomic mass is 10.1. The highest BCUT2D eigenvalue weighted by atomic mass is 32.2. The number of amides is 1. The molecule has 0 aliphatic carbocycles. The van der Waals surface area contributed by atoms with Crippen LogP contribution in [0.3, 0.4) is 0 Å². The number of carbonyl (C=O) groups excluding carboxylic acids is 1. The Balaban J connectivity index is 2.05. The van der Waals surface area contributed by atoms with Crippen molar-refractivity contribution in [3.05, 3.63) is 0 Å². The van der Waals surface area contributed by atoms with Gasteiger partial charge in [0.05, 0.1) is 10.1 Å². The second kappa shape index (κ2) is 3.50. The SMILES string of the molecule is CC[C@@H]1SC2(CCNCC2)NC1=O. The molecule has 4 heteroatoms. The molecular formula is C9H16N2OS. The summed E-state index contributed by atoms with van der Waals surface area (Å²) in [5.41, 5.74) is 0. The summed E-state index contributed by atoms with van der Waals surface area (Å²) in [6.07, 6.45) is 3.09. The van der Waals surface area contributed by atoms with Crippen molar-refractivity contribution in [1.82, 2.24) is 10.6 Å². The van der Waals surface area contributed by atoms with E-state index in [2.05, 4.69) is 17.6 Å². The minimum absolute atomic E-state index is 0.0724. The molecule has 2 fully saturated rings. The Hall–Kier alpha value is -0.220. The highest BCUT2D eigenvalue weighted by molar-refractivity contribution is 8.02. The van der Waals surface area contributed by atoms with Crippen molar-refractivity contribution in [3.63, 3.8) is 0 Å². The second-order valence-corrected chi connectivity index (χ2v) is 5.33. The predicted molar refractivity (Wildman–Crippen MR) is 54.6 cm³/mol. The van der Waals surface area contributed by atoms with E-state index in [-0.39, 0.29) is 16.0 Å². The van der Waals surface area contributed by atoms with Gasteiger partial charge in [0.25, 0.3) is 0 Å². The standard InChI is InChI=1S/C9H16N2OS/c1-2-7-8(12)11-9(13-7)3-5-10-6-4-9/h7,10H,2-6H2,1H3,(H,11,12)/t7-/m0/s1. The fourth-order valence-corrected chi connectivity index (χ4v) is 3.48. The van der Waals surface area contributed by atoms with Crippen LogP contribution in [0, 0.1) is 0 Å². The molecule has 0 aromatic heterocycles. The fraction of sp³-hybridized carbons (Fsp3) is 0.889. The van der Waals surface area contributed by atoms with Crippen LogP contribution in [0.25, 0.3) is 0 Å². The molecule has 74 valence electrons. The summed E-state index contributed by atoms with van der Waals surface area (Å²) in [4.78, 5) is 11.6. The first-order valence-electron chi connectivity index (χ1n) is 4.96. The number of nitrogens with one attached hydrogen (secondary N) is 2. The Morgan fingerprint density at radius 1 is 1.54 bits per heavy atom. The van der Waals surface area contributed by atoms with Crippen LogP contribution in [0.15, 0.2) is 0 Å². The Morgan fingerprint density at radius 3 is 2.77 bits per heavy atom. The predicted octanol–water partition coefficient (Wildman–Crippen LogP) is 0.708. The van der Waals surface area contributed by atoms with Gasteiger partial charge in [0.15, 0.2) is 0 Å². The maximum absolute atomic E-state index is 11.5. The first-order valence-corrected chi connectivity index (χ1v) is 5.84.